The van der Waals surface area contributed by atoms with Crippen molar-refractivity contribution in [2.24, 2.45) is 0 Å². The number of nitro groups is 1. The molecule has 1 atom stereocenters. The predicted octanol–water partition coefficient (Wildman–Crippen LogP) is 2.73. The van der Waals surface area contributed by atoms with Crippen molar-refractivity contribution in [2.75, 3.05) is 6.54 Å². The van der Waals surface area contributed by atoms with Crippen LogP contribution in [0.5, 0.6) is 0 Å². The van der Waals surface area contributed by atoms with Crippen LogP contribution in [0.15, 0.2) is 42.5 Å². The van der Waals surface area contributed by atoms with Crippen molar-refractivity contribution in [3.05, 3.63) is 69.5 Å². The standard InChI is InChI=1S/C13H14N2O2/c1-10-7-8-13(14-10)12(9-15(16)17)11-5-3-2-4-6-11/h2-8,12,14H,9H2,1H3. The predicted molar refractivity (Wildman–Crippen MR) is 65.7 cm³/mol. The SMILES string of the molecule is Cc1ccc(C(C[N+](=O)[O-])c2ccccc2)[nH]1. The van der Waals surface area contributed by atoms with Gasteiger partial charge in [0.05, 0.1) is 5.92 Å². The van der Waals surface area contributed by atoms with Gasteiger partial charge < -0.3 is 4.98 Å². The molecule has 0 fully saturated rings. The van der Waals surface area contributed by atoms with Crippen molar-refractivity contribution in [3.8, 4) is 0 Å². The Morgan fingerprint density at radius 3 is 2.47 bits per heavy atom. The normalized spacial score (nSPS) is 12.3. The molecule has 0 saturated carbocycles. The van der Waals surface area contributed by atoms with Gasteiger partial charge in [-0.1, -0.05) is 30.3 Å². The summed E-state index contributed by atoms with van der Waals surface area (Å²) in [4.78, 5) is 13.7. The summed E-state index contributed by atoms with van der Waals surface area (Å²) in [6, 6.07) is 13.4. The van der Waals surface area contributed by atoms with Gasteiger partial charge in [0.25, 0.3) is 0 Å². The van der Waals surface area contributed by atoms with E-state index < -0.39 is 0 Å². The second-order valence-corrected chi connectivity index (χ2v) is 4.08. The Labute approximate surface area is 99.4 Å². The fourth-order valence-electron chi connectivity index (χ4n) is 1.95. The highest BCUT2D eigenvalue weighted by Gasteiger charge is 2.20. The maximum Gasteiger partial charge on any atom is 0.216 e. The number of H-pyrrole nitrogens is 1. The van der Waals surface area contributed by atoms with E-state index in [9.17, 15) is 10.1 Å². The zero-order chi connectivity index (χ0) is 12.3. The zero-order valence-corrected chi connectivity index (χ0v) is 9.59. The number of hydrogen-bond donors (Lipinski definition) is 1. The van der Waals surface area contributed by atoms with E-state index in [-0.39, 0.29) is 17.4 Å². The van der Waals surface area contributed by atoms with Crippen LogP contribution in [-0.2, 0) is 0 Å². The Kier molecular flexibility index (Phi) is 3.23. The molecule has 0 radical (unpaired) electrons. The molecule has 0 aliphatic carbocycles. The fourth-order valence-corrected chi connectivity index (χ4v) is 1.95. The average Bonchev–Trinajstić information content (AvgIpc) is 2.73. The van der Waals surface area contributed by atoms with Crippen LogP contribution < -0.4 is 0 Å². The lowest BCUT2D eigenvalue weighted by Gasteiger charge is -2.11. The molecule has 1 heterocycles. The highest BCUT2D eigenvalue weighted by atomic mass is 16.6. The Morgan fingerprint density at radius 2 is 1.94 bits per heavy atom. The molecule has 2 rings (SSSR count). The average molecular weight is 230 g/mol. The van der Waals surface area contributed by atoms with Gasteiger partial charge in [-0.2, -0.15) is 0 Å². The fraction of sp³-hybridized carbons (Fsp3) is 0.231. The Bertz CT molecular complexity index is 505. The van der Waals surface area contributed by atoms with Gasteiger partial charge in [0.15, 0.2) is 0 Å². The summed E-state index contributed by atoms with van der Waals surface area (Å²) >= 11 is 0. The highest BCUT2D eigenvalue weighted by molar-refractivity contribution is 5.29. The van der Waals surface area contributed by atoms with Gasteiger partial charge in [-0.25, -0.2) is 0 Å². The molecule has 4 nitrogen and oxygen atoms in total. The van der Waals surface area contributed by atoms with E-state index in [4.69, 9.17) is 0 Å². The monoisotopic (exact) mass is 230 g/mol. The maximum atomic E-state index is 10.8. The van der Waals surface area contributed by atoms with E-state index >= 15 is 0 Å². The maximum absolute atomic E-state index is 10.8. The first-order valence-electron chi connectivity index (χ1n) is 5.49. The second kappa shape index (κ2) is 4.82. The van der Waals surface area contributed by atoms with Crippen molar-refractivity contribution < 1.29 is 4.92 Å². The Morgan fingerprint density at radius 1 is 1.24 bits per heavy atom. The van der Waals surface area contributed by atoms with Crippen LogP contribution >= 0.6 is 0 Å². The summed E-state index contributed by atoms with van der Waals surface area (Å²) in [7, 11) is 0. The minimum atomic E-state index is -0.270. The van der Waals surface area contributed by atoms with Crippen molar-refractivity contribution in [3.63, 3.8) is 0 Å². The molecule has 1 aromatic carbocycles. The number of nitrogens with one attached hydrogen (secondary N) is 1. The smallest absolute Gasteiger partial charge is 0.216 e. The van der Waals surface area contributed by atoms with Gasteiger partial charge >= 0.3 is 0 Å². The molecule has 88 valence electrons. The molecular formula is C13H14N2O2. The molecule has 1 unspecified atom stereocenters. The van der Waals surface area contributed by atoms with E-state index in [0.717, 1.165) is 17.0 Å². The summed E-state index contributed by atoms with van der Waals surface area (Å²) in [5, 5.41) is 10.8. The summed E-state index contributed by atoms with van der Waals surface area (Å²) in [5.41, 5.74) is 2.88. The molecule has 1 aromatic heterocycles. The lowest BCUT2D eigenvalue weighted by atomic mass is 9.96. The van der Waals surface area contributed by atoms with Gasteiger partial charge in [0.1, 0.15) is 0 Å². The van der Waals surface area contributed by atoms with E-state index in [2.05, 4.69) is 4.98 Å². The molecule has 1 N–H and O–H groups in total. The van der Waals surface area contributed by atoms with Gasteiger partial charge in [0.2, 0.25) is 6.54 Å². The molecule has 0 aliphatic rings. The number of rotatable bonds is 4. The largest absolute Gasteiger partial charge is 0.362 e. The number of hydrogen-bond acceptors (Lipinski definition) is 2. The van der Waals surface area contributed by atoms with Crippen LogP contribution in [0.2, 0.25) is 0 Å². The summed E-state index contributed by atoms with van der Waals surface area (Å²) in [5.74, 6) is -0.208. The number of benzene rings is 1. The van der Waals surface area contributed by atoms with E-state index in [1.165, 1.54) is 0 Å². The third-order valence-corrected chi connectivity index (χ3v) is 2.76. The third-order valence-electron chi connectivity index (χ3n) is 2.76. The van der Waals surface area contributed by atoms with E-state index in [1.54, 1.807) is 0 Å². The van der Waals surface area contributed by atoms with Crippen molar-refractivity contribution in [1.82, 2.24) is 4.98 Å². The van der Waals surface area contributed by atoms with Crippen LogP contribution in [-0.4, -0.2) is 16.5 Å². The molecule has 0 bridgehead atoms. The number of aromatic amines is 1. The molecule has 17 heavy (non-hydrogen) atoms. The first-order valence-corrected chi connectivity index (χ1v) is 5.49. The summed E-state index contributed by atoms with van der Waals surface area (Å²) in [6.45, 7) is 1.85. The van der Waals surface area contributed by atoms with Crippen molar-refractivity contribution in [1.29, 1.82) is 0 Å². The van der Waals surface area contributed by atoms with Crippen LogP contribution in [0.25, 0.3) is 0 Å². The minimum absolute atomic E-state index is 0.0933. The summed E-state index contributed by atoms with van der Waals surface area (Å²) in [6.07, 6.45) is 0. The van der Waals surface area contributed by atoms with Gasteiger partial charge in [-0.05, 0) is 24.6 Å². The lowest BCUT2D eigenvalue weighted by molar-refractivity contribution is -0.481. The Balaban J connectivity index is 2.35. The first kappa shape index (κ1) is 11.4. The Hall–Kier alpha value is -2.10. The summed E-state index contributed by atoms with van der Waals surface area (Å²) < 4.78 is 0. The molecule has 0 aliphatic heterocycles. The molecular weight excluding hydrogens is 216 g/mol. The van der Waals surface area contributed by atoms with Crippen LogP contribution in [0.3, 0.4) is 0 Å². The van der Waals surface area contributed by atoms with Gasteiger partial charge in [-0.3, -0.25) is 10.1 Å². The lowest BCUT2D eigenvalue weighted by Crippen LogP contribution is -2.14. The second-order valence-electron chi connectivity index (χ2n) is 4.08. The van der Waals surface area contributed by atoms with Crippen molar-refractivity contribution >= 4 is 0 Å². The highest BCUT2D eigenvalue weighted by Crippen LogP contribution is 2.24. The van der Waals surface area contributed by atoms with Crippen LogP contribution in [0.4, 0.5) is 0 Å². The van der Waals surface area contributed by atoms with Gasteiger partial charge in [-0.15, -0.1) is 0 Å². The van der Waals surface area contributed by atoms with Gasteiger partial charge in [0, 0.05) is 16.3 Å². The molecule has 2 aromatic rings. The topological polar surface area (TPSA) is 58.9 Å². The number of nitrogens with zero attached hydrogens (tertiary/aromatic N) is 1. The minimum Gasteiger partial charge on any atom is -0.362 e. The van der Waals surface area contributed by atoms with Crippen LogP contribution in [0, 0.1) is 17.0 Å². The zero-order valence-electron chi connectivity index (χ0n) is 9.59. The molecule has 0 spiro atoms. The third kappa shape index (κ3) is 2.72. The van der Waals surface area contributed by atoms with Crippen LogP contribution in [0.1, 0.15) is 22.9 Å². The molecule has 0 amide bonds. The quantitative estimate of drug-likeness (QED) is 0.648. The number of aryl methyl sites for hydroxylation is 1. The first-order chi connectivity index (χ1) is 8.16. The van der Waals surface area contributed by atoms with Crippen molar-refractivity contribution in [2.45, 2.75) is 12.8 Å². The molecule has 4 heteroatoms. The molecule has 0 saturated heterocycles. The van der Waals surface area contributed by atoms with E-state index in [1.807, 2.05) is 49.4 Å². The number of aromatic nitrogens is 1. The van der Waals surface area contributed by atoms with E-state index in [0.29, 0.717) is 0 Å².